The van der Waals surface area contributed by atoms with Gasteiger partial charge in [0.05, 0.1) is 23.3 Å². The van der Waals surface area contributed by atoms with Crippen molar-refractivity contribution in [2.45, 2.75) is 33.2 Å². The van der Waals surface area contributed by atoms with Gasteiger partial charge in [0.2, 0.25) is 15.9 Å². The largest absolute Gasteiger partial charge is 0.318 e. The SMILES string of the molecule is CC[C@H](C(=O)Nc1c(C)n(C)n(-c2ccccc2)c1=O)N(c1ccc(C)cc1)S(C)(=O)=O. The van der Waals surface area contributed by atoms with Crippen LogP contribution in [0.5, 0.6) is 0 Å². The van der Waals surface area contributed by atoms with Crippen LogP contribution in [0.1, 0.15) is 24.6 Å². The van der Waals surface area contributed by atoms with Gasteiger partial charge in [0.25, 0.3) is 5.56 Å². The normalized spacial score (nSPS) is 12.4. The second-order valence-corrected chi connectivity index (χ2v) is 9.60. The maximum Gasteiger partial charge on any atom is 0.295 e. The van der Waals surface area contributed by atoms with Crippen molar-refractivity contribution in [3.8, 4) is 5.69 Å². The van der Waals surface area contributed by atoms with Gasteiger partial charge in [0, 0.05) is 7.05 Å². The highest BCUT2D eigenvalue weighted by Gasteiger charge is 2.32. The van der Waals surface area contributed by atoms with Crippen molar-refractivity contribution in [1.82, 2.24) is 9.36 Å². The number of aromatic nitrogens is 2. The summed E-state index contributed by atoms with van der Waals surface area (Å²) in [6.45, 7) is 5.36. The Bertz CT molecular complexity index is 1280. The Balaban J connectivity index is 2.01. The zero-order valence-corrected chi connectivity index (χ0v) is 19.7. The summed E-state index contributed by atoms with van der Waals surface area (Å²) in [7, 11) is -2.03. The Kier molecular flexibility index (Phi) is 6.59. The lowest BCUT2D eigenvalue weighted by Gasteiger charge is -2.30. The van der Waals surface area contributed by atoms with Crippen LogP contribution < -0.4 is 15.2 Å². The smallest absolute Gasteiger partial charge is 0.295 e. The van der Waals surface area contributed by atoms with Gasteiger partial charge in [-0.25, -0.2) is 13.1 Å². The molecule has 0 bridgehead atoms. The maximum absolute atomic E-state index is 13.3. The number of rotatable bonds is 7. The number of para-hydroxylation sites is 1. The van der Waals surface area contributed by atoms with Crippen LogP contribution in [-0.4, -0.2) is 36.0 Å². The van der Waals surface area contributed by atoms with E-state index in [-0.39, 0.29) is 17.7 Å². The molecule has 1 atom stereocenters. The molecule has 0 aliphatic carbocycles. The van der Waals surface area contributed by atoms with Crippen LogP contribution in [-0.2, 0) is 21.9 Å². The molecule has 1 heterocycles. The van der Waals surface area contributed by atoms with E-state index in [1.165, 1.54) is 4.68 Å². The summed E-state index contributed by atoms with van der Waals surface area (Å²) in [6.07, 6.45) is 1.30. The molecule has 3 aromatic rings. The fraction of sp³-hybridized carbons (Fsp3) is 0.304. The summed E-state index contributed by atoms with van der Waals surface area (Å²) < 4.78 is 29.5. The number of nitrogens with zero attached hydrogens (tertiary/aromatic N) is 3. The molecule has 0 saturated carbocycles. The number of hydrogen-bond acceptors (Lipinski definition) is 4. The van der Waals surface area contributed by atoms with Crippen LogP contribution in [0.2, 0.25) is 0 Å². The molecule has 32 heavy (non-hydrogen) atoms. The van der Waals surface area contributed by atoms with Crippen LogP contribution in [0.3, 0.4) is 0 Å². The third-order valence-corrected chi connectivity index (χ3v) is 6.60. The molecule has 2 aromatic carbocycles. The summed E-state index contributed by atoms with van der Waals surface area (Å²) >= 11 is 0. The second-order valence-electron chi connectivity index (χ2n) is 7.74. The maximum atomic E-state index is 13.3. The third-order valence-electron chi connectivity index (χ3n) is 5.42. The molecular formula is C23H28N4O4S. The molecular weight excluding hydrogens is 428 g/mol. The van der Waals surface area contributed by atoms with E-state index in [9.17, 15) is 18.0 Å². The standard InChI is InChI=1S/C23H28N4O4S/c1-6-20(27(32(5,30)31)19-14-12-16(2)13-15-19)22(28)24-21-17(3)25(4)26(23(21)29)18-10-8-7-9-11-18/h7-15,20H,6H2,1-5H3,(H,24,28)/t20-/m1/s1. The van der Waals surface area contributed by atoms with Gasteiger partial charge < -0.3 is 5.32 Å². The van der Waals surface area contributed by atoms with Gasteiger partial charge in [-0.05, 0) is 44.5 Å². The van der Waals surface area contributed by atoms with E-state index >= 15 is 0 Å². The van der Waals surface area contributed by atoms with Gasteiger partial charge in [-0.15, -0.1) is 0 Å². The first kappa shape index (κ1) is 23.3. The number of amides is 1. The average molecular weight is 457 g/mol. The summed E-state index contributed by atoms with van der Waals surface area (Å²) in [4.78, 5) is 26.4. The molecule has 1 amide bonds. The van der Waals surface area contributed by atoms with Crippen LogP contribution in [0, 0.1) is 13.8 Å². The first-order valence-electron chi connectivity index (χ1n) is 10.3. The van der Waals surface area contributed by atoms with Crippen molar-refractivity contribution in [2.75, 3.05) is 15.9 Å². The lowest BCUT2D eigenvalue weighted by molar-refractivity contribution is -0.117. The fourth-order valence-electron chi connectivity index (χ4n) is 3.67. The predicted molar refractivity (Wildman–Crippen MR) is 127 cm³/mol. The Morgan fingerprint density at radius 1 is 1.06 bits per heavy atom. The number of sulfonamides is 1. The number of nitrogens with one attached hydrogen (secondary N) is 1. The third kappa shape index (κ3) is 4.47. The molecule has 0 fully saturated rings. The van der Waals surface area contributed by atoms with E-state index < -0.39 is 22.0 Å². The number of anilines is 2. The minimum Gasteiger partial charge on any atom is -0.318 e. The van der Waals surface area contributed by atoms with E-state index in [0.717, 1.165) is 16.1 Å². The molecule has 9 heteroatoms. The van der Waals surface area contributed by atoms with Crippen molar-refractivity contribution in [3.63, 3.8) is 0 Å². The van der Waals surface area contributed by atoms with Crippen LogP contribution in [0.15, 0.2) is 59.4 Å². The lowest BCUT2D eigenvalue weighted by Crippen LogP contribution is -2.47. The van der Waals surface area contributed by atoms with Gasteiger partial charge in [-0.3, -0.25) is 18.6 Å². The molecule has 3 rings (SSSR count). The minimum atomic E-state index is -3.76. The van der Waals surface area contributed by atoms with Gasteiger partial charge in [-0.1, -0.05) is 42.8 Å². The van der Waals surface area contributed by atoms with E-state index in [0.29, 0.717) is 17.1 Å². The van der Waals surface area contributed by atoms with Gasteiger partial charge >= 0.3 is 0 Å². The van der Waals surface area contributed by atoms with Crippen LogP contribution in [0.25, 0.3) is 5.69 Å². The molecule has 1 N–H and O–H groups in total. The predicted octanol–water partition coefficient (Wildman–Crippen LogP) is 2.98. The Morgan fingerprint density at radius 2 is 1.66 bits per heavy atom. The zero-order valence-electron chi connectivity index (χ0n) is 18.9. The first-order chi connectivity index (χ1) is 15.1. The fourth-order valence-corrected chi connectivity index (χ4v) is 4.88. The van der Waals surface area contributed by atoms with Gasteiger partial charge in [-0.2, -0.15) is 0 Å². The summed E-state index contributed by atoms with van der Waals surface area (Å²) in [5.74, 6) is -0.565. The molecule has 0 radical (unpaired) electrons. The summed E-state index contributed by atoms with van der Waals surface area (Å²) in [5.41, 5.74) is 2.32. The highest BCUT2D eigenvalue weighted by Crippen LogP contribution is 2.24. The molecule has 0 unspecified atom stereocenters. The molecule has 0 aliphatic heterocycles. The molecule has 170 valence electrons. The molecule has 1 aromatic heterocycles. The molecule has 8 nitrogen and oxygen atoms in total. The van der Waals surface area contributed by atoms with Crippen LogP contribution in [0.4, 0.5) is 11.4 Å². The topological polar surface area (TPSA) is 93.4 Å². The van der Waals surface area contributed by atoms with E-state index in [2.05, 4.69) is 5.32 Å². The number of benzene rings is 2. The molecule has 0 saturated heterocycles. The van der Waals surface area contributed by atoms with Gasteiger partial charge in [0.15, 0.2) is 0 Å². The number of carbonyl (C=O) groups excluding carboxylic acids is 1. The van der Waals surface area contributed by atoms with Crippen LogP contribution >= 0.6 is 0 Å². The van der Waals surface area contributed by atoms with E-state index in [4.69, 9.17) is 0 Å². The van der Waals surface area contributed by atoms with Crippen molar-refractivity contribution < 1.29 is 13.2 Å². The highest BCUT2D eigenvalue weighted by molar-refractivity contribution is 7.92. The number of carbonyl (C=O) groups is 1. The van der Waals surface area contributed by atoms with Crippen molar-refractivity contribution >= 4 is 27.3 Å². The average Bonchev–Trinajstić information content (AvgIpc) is 2.95. The van der Waals surface area contributed by atoms with E-state index in [1.807, 2.05) is 25.1 Å². The molecule has 0 aliphatic rings. The lowest BCUT2D eigenvalue weighted by atomic mass is 10.1. The van der Waals surface area contributed by atoms with Crippen molar-refractivity contribution in [1.29, 1.82) is 0 Å². The minimum absolute atomic E-state index is 0.122. The zero-order chi connectivity index (χ0) is 23.6. The summed E-state index contributed by atoms with van der Waals surface area (Å²) in [6, 6.07) is 15.0. The van der Waals surface area contributed by atoms with E-state index in [1.54, 1.807) is 62.0 Å². The van der Waals surface area contributed by atoms with Crippen molar-refractivity contribution in [3.05, 3.63) is 76.2 Å². The number of aryl methyl sites for hydroxylation is 1. The quantitative estimate of drug-likeness (QED) is 0.592. The Labute approximate surface area is 188 Å². The molecule has 0 spiro atoms. The number of hydrogen-bond donors (Lipinski definition) is 1. The van der Waals surface area contributed by atoms with Gasteiger partial charge in [0.1, 0.15) is 11.7 Å². The Morgan fingerprint density at radius 3 is 2.19 bits per heavy atom. The Hall–Kier alpha value is -3.33. The van der Waals surface area contributed by atoms with Crippen molar-refractivity contribution in [2.24, 2.45) is 7.05 Å². The summed E-state index contributed by atoms with van der Waals surface area (Å²) in [5, 5.41) is 2.69. The second kappa shape index (κ2) is 9.04. The highest BCUT2D eigenvalue weighted by atomic mass is 32.2. The monoisotopic (exact) mass is 456 g/mol. The first-order valence-corrected chi connectivity index (χ1v) is 12.1.